The second kappa shape index (κ2) is 7.15. The highest BCUT2D eigenvalue weighted by molar-refractivity contribution is 9.10. The van der Waals surface area contributed by atoms with Crippen LogP contribution in [0, 0.1) is 0 Å². The van der Waals surface area contributed by atoms with Gasteiger partial charge >= 0.3 is 0 Å². The third kappa shape index (κ3) is 4.62. The molecule has 0 saturated heterocycles. The van der Waals surface area contributed by atoms with Gasteiger partial charge in [0.05, 0.1) is 17.7 Å². The largest absolute Gasteiger partial charge is 0.419 e. The van der Waals surface area contributed by atoms with Gasteiger partial charge in [-0.05, 0) is 48.8 Å². The third-order valence-corrected chi connectivity index (χ3v) is 3.62. The number of benzene rings is 1. The van der Waals surface area contributed by atoms with Crippen LogP contribution in [0.5, 0.6) is 0 Å². The van der Waals surface area contributed by atoms with Gasteiger partial charge in [0.2, 0.25) is 11.8 Å². The van der Waals surface area contributed by atoms with Crippen LogP contribution in [0.4, 0.5) is 0 Å². The molecule has 1 heterocycles. The van der Waals surface area contributed by atoms with E-state index < -0.39 is 0 Å². The summed E-state index contributed by atoms with van der Waals surface area (Å²) in [4.78, 5) is 0. The summed E-state index contributed by atoms with van der Waals surface area (Å²) in [6.45, 7) is 8.01. The van der Waals surface area contributed by atoms with Crippen LogP contribution in [-0.2, 0) is 11.3 Å². The molecular formula is C15H20BrN3O2. The first-order valence-corrected chi connectivity index (χ1v) is 7.73. The molecule has 2 rings (SSSR count). The Balaban J connectivity index is 1.94. The molecule has 1 N–H and O–H groups in total. The summed E-state index contributed by atoms with van der Waals surface area (Å²) in [5.41, 5.74) is 0.686. The molecule has 0 amide bonds. The zero-order valence-corrected chi connectivity index (χ0v) is 14.1. The van der Waals surface area contributed by atoms with E-state index in [9.17, 15) is 0 Å². The van der Waals surface area contributed by atoms with Crippen LogP contribution >= 0.6 is 15.9 Å². The van der Waals surface area contributed by atoms with E-state index >= 15 is 0 Å². The van der Waals surface area contributed by atoms with Gasteiger partial charge in [-0.3, -0.25) is 0 Å². The molecule has 0 aliphatic carbocycles. The molecule has 0 spiro atoms. The van der Waals surface area contributed by atoms with Crippen molar-refractivity contribution >= 4 is 15.9 Å². The quantitative estimate of drug-likeness (QED) is 0.826. The van der Waals surface area contributed by atoms with E-state index in [1.54, 1.807) is 0 Å². The van der Waals surface area contributed by atoms with Gasteiger partial charge in [0.1, 0.15) is 0 Å². The highest BCUT2D eigenvalue weighted by atomic mass is 79.9. The SMILES string of the molecule is CCOC(C)(C)CNCc1nnc(-c2ccccc2Br)o1. The van der Waals surface area contributed by atoms with Crippen LogP contribution in [0.1, 0.15) is 26.7 Å². The van der Waals surface area contributed by atoms with Crippen LogP contribution in [0.25, 0.3) is 11.5 Å². The Morgan fingerprint density at radius 1 is 1.29 bits per heavy atom. The second-order valence-corrected chi connectivity index (χ2v) is 6.13. The number of nitrogens with zero attached hydrogens (tertiary/aromatic N) is 2. The van der Waals surface area contributed by atoms with Crippen LogP contribution in [-0.4, -0.2) is 29.0 Å². The van der Waals surface area contributed by atoms with Crippen molar-refractivity contribution in [3.8, 4) is 11.5 Å². The number of hydrogen-bond donors (Lipinski definition) is 1. The Bertz CT molecular complexity index is 584. The average Bonchev–Trinajstić information content (AvgIpc) is 2.87. The average molecular weight is 354 g/mol. The molecule has 2 aromatic rings. The predicted octanol–water partition coefficient (Wildman–Crippen LogP) is 3.40. The van der Waals surface area contributed by atoms with Gasteiger partial charge in [0.15, 0.2) is 0 Å². The molecule has 0 radical (unpaired) electrons. The Labute approximate surface area is 133 Å². The summed E-state index contributed by atoms with van der Waals surface area (Å²) >= 11 is 3.48. The predicted molar refractivity (Wildman–Crippen MR) is 84.8 cm³/mol. The van der Waals surface area contributed by atoms with Crippen LogP contribution < -0.4 is 5.32 Å². The minimum atomic E-state index is -0.208. The maximum absolute atomic E-state index is 5.67. The molecule has 114 valence electrons. The molecule has 0 saturated carbocycles. The molecule has 0 aliphatic heterocycles. The summed E-state index contributed by atoms with van der Waals surface area (Å²) in [7, 11) is 0. The highest BCUT2D eigenvalue weighted by Gasteiger charge is 2.17. The van der Waals surface area contributed by atoms with Crippen molar-refractivity contribution in [3.63, 3.8) is 0 Å². The minimum absolute atomic E-state index is 0.208. The third-order valence-electron chi connectivity index (χ3n) is 2.93. The number of hydrogen-bond acceptors (Lipinski definition) is 5. The normalized spacial score (nSPS) is 11.8. The topological polar surface area (TPSA) is 60.2 Å². The molecule has 0 atom stereocenters. The van der Waals surface area contributed by atoms with Gasteiger partial charge in [-0.2, -0.15) is 0 Å². The van der Waals surface area contributed by atoms with Crippen molar-refractivity contribution in [1.29, 1.82) is 0 Å². The summed E-state index contributed by atoms with van der Waals surface area (Å²) in [6.07, 6.45) is 0. The van der Waals surface area contributed by atoms with Crippen LogP contribution in [0.2, 0.25) is 0 Å². The fourth-order valence-electron chi connectivity index (χ4n) is 1.98. The van der Waals surface area contributed by atoms with E-state index in [1.807, 2.05) is 45.0 Å². The fraction of sp³-hybridized carbons (Fsp3) is 0.467. The molecular weight excluding hydrogens is 334 g/mol. The lowest BCUT2D eigenvalue weighted by atomic mass is 10.1. The molecule has 0 bridgehead atoms. The monoisotopic (exact) mass is 353 g/mol. The van der Waals surface area contributed by atoms with E-state index in [2.05, 4.69) is 31.4 Å². The molecule has 5 nitrogen and oxygen atoms in total. The number of ether oxygens (including phenoxy) is 1. The summed E-state index contributed by atoms with van der Waals surface area (Å²) in [6, 6.07) is 7.77. The summed E-state index contributed by atoms with van der Waals surface area (Å²) in [5, 5.41) is 11.4. The lowest BCUT2D eigenvalue weighted by molar-refractivity contribution is -0.00925. The molecule has 1 aromatic heterocycles. The molecule has 6 heteroatoms. The van der Waals surface area contributed by atoms with E-state index in [0.29, 0.717) is 31.5 Å². The Kier molecular flexibility index (Phi) is 5.50. The molecule has 0 fully saturated rings. The lowest BCUT2D eigenvalue weighted by Crippen LogP contribution is -2.37. The van der Waals surface area contributed by atoms with Gasteiger partial charge in [-0.25, -0.2) is 0 Å². The van der Waals surface area contributed by atoms with E-state index in [4.69, 9.17) is 9.15 Å². The minimum Gasteiger partial charge on any atom is -0.419 e. The molecule has 21 heavy (non-hydrogen) atoms. The standard InChI is InChI=1S/C15H20BrN3O2/c1-4-20-15(2,3)10-17-9-13-18-19-14(21-13)11-7-5-6-8-12(11)16/h5-8,17H,4,9-10H2,1-3H3. The Morgan fingerprint density at radius 3 is 2.76 bits per heavy atom. The Hall–Kier alpha value is -1.24. The fourth-order valence-corrected chi connectivity index (χ4v) is 2.44. The van der Waals surface area contributed by atoms with E-state index in [1.165, 1.54) is 0 Å². The lowest BCUT2D eigenvalue weighted by Gasteiger charge is -2.24. The first-order valence-electron chi connectivity index (χ1n) is 6.94. The van der Waals surface area contributed by atoms with Crippen molar-refractivity contribution in [2.24, 2.45) is 0 Å². The molecule has 1 aromatic carbocycles. The van der Waals surface area contributed by atoms with Crippen LogP contribution in [0.3, 0.4) is 0 Å². The maximum Gasteiger partial charge on any atom is 0.248 e. The van der Waals surface area contributed by atoms with Crippen molar-refractivity contribution in [3.05, 3.63) is 34.6 Å². The number of nitrogens with one attached hydrogen (secondary N) is 1. The van der Waals surface area contributed by atoms with E-state index in [0.717, 1.165) is 10.0 Å². The van der Waals surface area contributed by atoms with E-state index in [-0.39, 0.29) is 5.60 Å². The maximum atomic E-state index is 5.67. The van der Waals surface area contributed by atoms with Gasteiger partial charge in [-0.15, -0.1) is 10.2 Å². The van der Waals surface area contributed by atoms with Gasteiger partial charge in [0, 0.05) is 17.6 Å². The number of rotatable bonds is 7. The van der Waals surface area contributed by atoms with Gasteiger partial charge < -0.3 is 14.5 Å². The number of halogens is 1. The van der Waals surface area contributed by atoms with Gasteiger partial charge in [-0.1, -0.05) is 12.1 Å². The zero-order valence-electron chi connectivity index (χ0n) is 12.5. The van der Waals surface area contributed by atoms with Crippen molar-refractivity contribution in [2.75, 3.05) is 13.2 Å². The molecule has 0 aliphatic rings. The number of aromatic nitrogens is 2. The van der Waals surface area contributed by atoms with Crippen molar-refractivity contribution in [2.45, 2.75) is 32.9 Å². The second-order valence-electron chi connectivity index (χ2n) is 5.28. The smallest absolute Gasteiger partial charge is 0.248 e. The van der Waals surface area contributed by atoms with Crippen LogP contribution in [0.15, 0.2) is 33.2 Å². The first kappa shape index (κ1) is 16.1. The highest BCUT2D eigenvalue weighted by Crippen LogP contribution is 2.26. The van der Waals surface area contributed by atoms with Crippen molar-refractivity contribution in [1.82, 2.24) is 15.5 Å². The summed E-state index contributed by atoms with van der Waals surface area (Å²) in [5.74, 6) is 1.08. The van der Waals surface area contributed by atoms with Gasteiger partial charge in [0.25, 0.3) is 0 Å². The van der Waals surface area contributed by atoms with Crippen molar-refractivity contribution < 1.29 is 9.15 Å². The Morgan fingerprint density at radius 2 is 2.05 bits per heavy atom. The zero-order chi connectivity index (χ0) is 15.3. The first-order chi connectivity index (χ1) is 10.0. The molecule has 0 unspecified atom stereocenters. The summed E-state index contributed by atoms with van der Waals surface area (Å²) < 4.78 is 12.2.